The summed E-state index contributed by atoms with van der Waals surface area (Å²) in [7, 11) is 0. The lowest BCUT2D eigenvalue weighted by Crippen LogP contribution is -2.27. The SMILES string of the molecule is C=CCN1C(=O)C(=Cc2cccc(OCc3ccc(Cl)cc3)c2)SC1=S. The first-order valence-electron chi connectivity index (χ1n) is 7.90. The predicted molar refractivity (Wildman–Crippen MR) is 112 cm³/mol. The van der Waals surface area contributed by atoms with Crippen LogP contribution in [0, 0.1) is 0 Å². The van der Waals surface area contributed by atoms with Gasteiger partial charge in [-0.3, -0.25) is 9.69 Å². The molecular weight excluding hydrogens is 386 g/mol. The monoisotopic (exact) mass is 401 g/mol. The minimum absolute atomic E-state index is 0.0904. The van der Waals surface area contributed by atoms with Crippen molar-refractivity contribution in [3.63, 3.8) is 0 Å². The number of hydrogen-bond acceptors (Lipinski definition) is 4. The van der Waals surface area contributed by atoms with Gasteiger partial charge in [0, 0.05) is 11.6 Å². The van der Waals surface area contributed by atoms with Crippen LogP contribution in [-0.2, 0) is 11.4 Å². The maximum Gasteiger partial charge on any atom is 0.266 e. The number of amides is 1. The van der Waals surface area contributed by atoms with Crippen LogP contribution in [0.2, 0.25) is 5.02 Å². The van der Waals surface area contributed by atoms with Gasteiger partial charge in [0.1, 0.15) is 16.7 Å². The quantitative estimate of drug-likeness (QED) is 0.373. The Hall–Kier alpha value is -2.08. The third-order valence-corrected chi connectivity index (χ3v) is 5.29. The van der Waals surface area contributed by atoms with Crippen LogP contribution in [-0.4, -0.2) is 21.7 Å². The van der Waals surface area contributed by atoms with Crippen molar-refractivity contribution in [2.24, 2.45) is 0 Å². The number of thioether (sulfide) groups is 1. The second kappa shape index (κ2) is 8.54. The Morgan fingerprint density at radius 3 is 2.73 bits per heavy atom. The average Bonchev–Trinajstić information content (AvgIpc) is 2.89. The third kappa shape index (κ3) is 4.55. The van der Waals surface area contributed by atoms with Crippen LogP contribution in [0.15, 0.2) is 66.1 Å². The molecule has 1 saturated heterocycles. The lowest BCUT2D eigenvalue weighted by atomic mass is 10.2. The molecule has 0 saturated carbocycles. The molecule has 0 radical (unpaired) electrons. The van der Waals surface area contributed by atoms with Crippen molar-refractivity contribution in [1.82, 2.24) is 4.90 Å². The fraction of sp³-hybridized carbons (Fsp3) is 0.100. The topological polar surface area (TPSA) is 29.5 Å². The van der Waals surface area contributed by atoms with E-state index in [0.29, 0.717) is 27.4 Å². The molecule has 1 heterocycles. The molecule has 132 valence electrons. The Labute approximate surface area is 167 Å². The standard InChI is InChI=1S/C20H16ClNO2S2/c1-2-10-22-19(23)18(26-20(22)25)12-15-4-3-5-17(11-15)24-13-14-6-8-16(21)9-7-14/h2-9,11-12H,1,10,13H2. The second-order valence-electron chi connectivity index (χ2n) is 5.57. The lowest BCUT2D eigenvalue weighted by Gasteiger charge is -2.10. The molecule has 26 heavy (non-hydrogen) atoms. The van der Waals surface area contributed by atoms with Crippen LogP contribution in [0.1, 0.15) is 11.1 Å². The van der Waals surface area contributed by atoms with Gasteiger partial charge in [-0.05, 0) is 41.5 Å². The molecule has 3 nitrogen and oxygen atoms in total. The fourth-order valence-corrected chi connectivity index (χ4v) is 3.78. The van der Waals surface area contributed by atoms with Crippen LogP contribution >= 0.6 is 35.6 Å². The zero-order valence-electron chi connectivity index (χ0n) is 13.9. The molecule has 0 bridgehead atoms. The first-order valence-corrected chi connectivity index (χ1v) is 9.50. The van der Waals surface area contributed by atoms with Gasteiger partial charge in [-0.1, -0.05) is 65.9 Å². The molecular formula is C20H16ClNO2S2. The van der Waals surface area contributed by atoms with E-state index in [-0.39, 0.29) is 5.91 Å². The Balaban J connectivity index is 1.71. The molecule has 0 spiro atoms. The summed E-state index contributed by atoms with van der Waals surface area (Å²) in [4.78, 5) is 14.5. The Morgan fingerprint density at radius 1 is 1.23 bits per heavy atom. The molecule has 0 aromatic heterocycles. The highest BCUT2D eigenvalue weighted by Crippen LogP contribution is 2.32. The highest BCUT2D eigenvalue weighted by Gasteiger charge is 2.30. The van der Waals surface area contributed by atoms with Gasteiger partial charge >= 0.3 is 0 Å². The Kier molecular flexibility index (Phi) is 6.14. The van der Waals surface area contributed by atoms with Crippen LogP contribution in [0.3, 0.4) is 0 Å². The van der Waals surface area contributed by atoms with E-state index in [9.17, 15) is 4.79 Å². The van der Waals surface area contributed by atoms with Gasteiger partial charge in [0.2, 0.25) is 0 Å². The Morgan fingerprint density at radius 2 is 2.00 bits per heavy atom. The van der Waals surface area contributed by atoms with E-state index in [0.717, 1.165) is 16.9 Å². The van der Waals surface area contributed by atoms with Gasteiger partial charge in [-0.25, -0.2) is 0 Å². The molecule has 0 aliphatic carbocycles. The number of carbonyl (C=O) groups is 1. The van der Waals surface area contributed by atoms with Crippen molar-refractivity contribution < 1.29 is 9.53 Å². The zero-order chi connectivity index (χ0) is 18.5. The summed E-state index contributed by atoms with van der Waals surface area (Å²) >= 11 is 12.4. The van der Waals surface area contributed by atoms with E-state index in [1.807, 2.05) is 54.6 Å². The summed E-state index contributed by atoms with van der Waals surface area (Å²) in [6.07, 6.45) is 3.50. The van der Waals surface area contributed by atoms with Gasteiger partial charge < -0.3 is 4.74 Å². The summed E-state index contributed by atoms with van der Waals surface area (Å²) in [6, 6.07) is 15.1. The van der Waals surface area contributed by atoms with E-state index in [1.165, 1.54) is 11.8 Å². The minimum Gasteiger partial charge on any atom is -0.489 e. The molecule has 1 fully saturated rings. The van der Waals surface area contributed by atoms with Gasteiger partial charge in [-0.2, -0.15) is 0 Å². The minimum atomic E-state index is -0.0904. The molecule has 1 amide bonds. The number of nitrogens with zero attached hydrogens (tertiary/aromatic N) is 1. The lowest BCUT2D eigenvalue weighted by molar-refractivity contribution is -0.121. The van der Waals surface area contributed by atoms with Crippen LogP contribution in [0.4, 0.5) is 0 Å². The molecule has 2 aromatic rings. The van der Waals surface area contributed by atoms with Crippen LogP contribution in [0.25, 0.3) is 6.08 Å². The first kappa shape index (κ1) is 18.7. The highest BCUT2D eigenvalue weighted by molar-refractivity contribution is 8.26. The van der Waals surface area contributed by atoms with Gasteiger partial charge in [0.15, 0.2) is 0 Å². The van der Waals surface area contributed by atoms with Crippen LogP contribution in [0.5, 0.6) is 5.75 Å². The number of thiocarbonyl (C=S) groups is 1. The van der Waals surface area contributed by atoms with E-state index >= 15 is 0 Å². The van der Waals surface area contributed by atoms with Crippen molar-refractivity contribution in [3.8, 4) is 5.75 Å². The van der Waals surface area contributed by atoms with E-state index in [2.05, 4.69) is 6.58 Å². The molecule has 0 atom stereocenters. The summed E-state index contributed by atoms with van der Waals surface area (Å²) in [5.74, 6) is 0.641. The highest BCUT2D eigenvalue weighted by atomic mass is 35.5. The van der Waals surface area contributed by atoms with Crippen molar-refractivity contribution in [2.45, 2.75) is 6.61 Å². The maximum absolute atomic E-state index is 12.4. The van der Waals surface area contributed by atoms with E-state index in [4.69, 9.17) is 28.6 Å². The normalized spacial score (nSPS) is 15.6. The zero-order valence-corrected chi connectivity index (χ0v) is 16.2. The second-order valence-corrected chi connectivity index (χ2v) is 7.68. The van der Waals surface area contributed by atoms with Crippen molar-refractivity contribution in [1.29, 1.82) is 0 Å². The summed E-state index contributed by atoms with van der Waals surface area (Å²) in [5, 5.41) is 0.699. The molecule has 3 rings (SSSR count). The smallest absolute Gasteiger partial charge is 0.266 e. The number of carbonyl (C=O) groups excluding carboxylic acids is 1. The summed E-state index contributed by atoms with van der Waals surface area (Å²) in [6.45, 7) is 4.53. The van der Waals surface area contributed by atoms with Crippen molar-refractivity contribution >= 4 is 51.9 Å². The first-order chi connectivity index (χ1) is 12.6. The summed E-state index contributed by atoms with van der Waals surface area (Å²) in [5.41, 5.74) is 1.92. The molecule has 0 unspecified atom stereocenters. The number of ether oxygens (including phenoxy) is 1. The van der Waals surface area contributed by atoms with Gasteiger partial charge in [0.05, 0.1) is 4.91 Å². The average molecular weight is 402 g/mol. The molecule has 1 aliphatic heterocycles. The van der Waals surface area contributed by atoms with E-state index in [1.54, 1.807) is 11.0 Å². The predicted octanol–water partition coefficient (Wildman–Crippen LogP) is 5.31. The van der Waals surface area contributed by atoms with Gasteiger partial charge in [-0.15, -0.1) is 6.58 Å². The number of halogens is 1. The van der Waals surface area contributed by atoms with Crippen molar-refractivity contribution in [2.75, 3.05) is 6.54 Å². The summed E-state index contributed by atoms with van der Waals surface area (Å²) < 4.78 is 6.38. The molecule has 2 aromatic carbocycles. The Bertz CT molecular complexity index is 878. The number of rotatable bonds is 6. The van der Waals surface area contributed by atoms with Crippen LogP contribution < -0.4 is 4.74 Å². The molecule has 1 aliphatic rings. The fourth-order valence-electron chi connectivity index (χ4n) is 2.38. The number of benzene rings is 2. The number of hydrogen-bond donors (Lipinski definition) is 0. The van der Waals surface area contributed by atoms with Crippen molar-refractivity contribution in [3.05, 3.63) is 82.2 Å². The molecule has 6 heteroatoms. The molecule has 0 N–H and O–H groups in total. The van der Waals surface area contributed by atoms with Gasteiger partial charge in [0.25, 0.3) is 5.91 Å². The van der Waals surface area contributed by atoms with E-state index < -0.39 is 0 Å². The largest absolute Gasteiger partial charge is 0.489 e. The third-order valence-electron chi connectivity index (χ3n) is 3.66. The maximum atomic E-state index is 12.4.